The minimum atomic E-state index is -3.68. The average Bonchev–Trinajstić information content (AvgIpc) is 3.11. The Balaban J connectivity index is 1.55. The number of nitrogens with one attached hydrogen (secondary N) is 1. The van der Waals surface area contributed by atoms with Crippen LogP contribution in [0.1, 0.15) is 42.9 Å². The second-order valence-corrected chi connectivity index (χ2v) is 9.13. The van der Waals surface area contributed by atoms with Gasteiger partial charge in [-0.3, -0.25) is 4.79 Å². The Hall–Kier alpha value is -2.18. The van der Waals surface area contributed by atoms with E-state index >= 15 is 0 Å². The van der Waals surface area contributed by atoms with Crippen LogP contribution in [-0.4, -0.2) is 31.2 Å². The van der Waals surface area contributed by atoms with Gasteiger partial charge < -0.3 is 5.32 Å². The van der Waals surface area contributed by atoms with Crippen LogP contribution in [0.15, 0.2) is 59.5 Å². The molecule has 2 aromatic carbocycles. The molecule has 2 unspecified atom stereocenters. The number of sulfonamides is 1. The molecule has 2 aliphatic rings. The van der Waals surface area contributed by atoms with Gasteiger partial charge in [-0.15, -0.1) is 0 Å². The average molecular weight is 385 g/mol. The van der Waals surface area contributed by atoms with E-state index in [1.165, 1.54) is 9.87 Å². The standard InChI is InChI=1S/C21H24N2O3S/c24-21(22-19-14-13-16-8-4-5-11-18(16)19)20-12-6-7-15-23(20)27(25,26)17-9-2-1-3-10-17/h1-5,8-11,19-20H,6-7,12-15H2,(H,22,24). The van der Waals surface area contributed by atoms with Crippen LogP contribution in [0.5, 0.6) is 0 Å². The molecular formula is C21H24N2O3S. The minimum Gasteiger partial charge on any atom is -0.348 e. The first-order chi connectivity index (χ1) is 13.1. The summed E-state index contributed by atoms with van der Waals surface area (Å²) in [6.45, 7) is 0.385. The fourth-order valence-corrected chi connectivity index (χ4v) is 5.84. The highest BCUT2D eigenvalue weighted by molar-refractivity contribution is 7.89. The molecule has 2 atom stereocenters. The number of rotatable bonds is 4. The molecular weight excluding hydrogens is 360 g/mol. The van der Waals surface area contributed by atoms with Crippen LogP contribution in [0.4, 0.5) is 0 Å². The molecule has 0 radical (unpaired) electrons. The van der Waals surface area contributed by atoms with Crippen molar-refractivity contribution in [2.45, 2.75) is 49.1 Å². The van der Waals surface area contributed by atoms with E-state index in [4.69, 9.17) is 0 Å². The molecule has 4 rings (SSSR count). The van der Waals surface area contributed by atoms with Gasteiger partial charge in [0.1, 0.15) is 6.04 Å². The van der Waals surface area contributed by atoms with Gasteiger partial charge in [0.05, 0.1) is 10.9 Å². The van der Waals surface area contributed by atoms with Crippen molar-refractivity contribution in [2.24, 2.45) is 0 Å². The maximum atomic E-state index is 13.1. The number of benzene rings is 2. The van der Waals surface area contributed by atoms with E-state index in [-0.39, 0.29) is 16.8 Å². The summed E-state index contributed by atoms with van der Waals surface area (Å²) in [7, 11) is -3.68. The summed E-state index contributed by atoms with van der Waals surface area (Å²) in [4.78, 5) is 13.3. The van der Waals surface area contributed by atoms with Crippen LogP contribution in [-0.2, 0) is 21.2 Å². The zero-order chi connectivity index (χ0) is 18.9. The van der Waals surface area contributed by atoms with Crippen molar-refractivity contribution in [1.82, 2.24) is 9.62 Å². The normalized spacial score (nSPS) is 23.0. The van der Waals surface area contributed by atoms with E-state index in [0.29, 0.717) is 13.0 Å². The molecule has 5 nitrogen and oxygen atoms in total. The maximum absolute atomic E-state index is 13.1. The Morgan fingerprint density at radius 3 is 2.52 bits per heavy atom. The monoisotopic (exact) mass is 384 g/mol. The van der Waals surface area contributed by atoms with E-state index in [9.17, 15) is 13.2 Å². The van der Waals surface area contributed by atoms with E-state index in [1.807, 2.05) is 18.2 Å². The Kier molecular flexibility index (Phi) is 5.02. The third kappa shape index (κ3) is 3.51. The Morgan fingerprint density at radius 2 is 1.70 bits per heavy atom. The van der Waals surface area contributed by atoms with Gasteiger partial charge in [-0.05, 0) is 48.9 Å². The number of amides is 1. The van der Waals surface area contributed by atoms with E-state index in [2.05, 4.69) is 11.4 Å². The molecule has 1 fully saturated rings. The Labute approximate surface area is 160 Å². The molecule has 0 bridgehead atoms. The predicted molar refractivity (Wildman–Crippen MR) is 104 cm³/mol. The fourth-order valence-electron chi connectivity index (χ4n) is 4.16. The van der Waals surface area contributed by atoms with Crippen molar-refractivity contribution in [3.8, 4) is 0 Å². The summed E-state index contributed by atoms with van der Waals surface area (Å²) in [5.41, 5.74) is 2.42. The van der Waals surface area contributed by atoms with Crippen LogP contribution >= 0.6 is 0 Å². The van der Waals surface area contributed by atoms with Gasteiger partial charge in [0.15, 0.2) is 0 Å². The first-order valence-corrected chi connectivity index (χ1v) is 11.0. The lowest BCUT2D eigenvalue weighted by atomic mass is 10.0. The second kappa shape index (κ2) is 7.44. The number of carbonyl (C=O) groups is 1. The molecule has 1 aliphatic carbocycles. The van der Waals surface area contributed by atoms with Crippen molar-refractivity contribution in [3.63, 3.8) is 0 Å². The van der Waals surface area contributed by atoms with Crippen LogP contribution in [0, 0.1) is 0 Å². The number of carbonyl (C=O) groups excluding carboxylic acids is 1. The van der Waals surface area contributed by atoms with E-state index in [1.54, 1.807) is 30.3 Å². The topological polar surface area (TPSA) is 66.5 Å². The highest BCUT2D eigenvalue weighted by atomic mass is 32.2. The van der Waals surface area contributed by atoms with Gasteiger partial charge in [0, 0.05) is 6.54 Å². The summed E-state index contributed by atoms with van der Waals surface area (Å²) >= 11 is 0. The lowest BCUT2D eigenvalue weighted by Gasteiger charge is -2.34. The van der Waals surface area contributed by atoms with E-state index in [0.717, 1.165) is 31.2 Å². The predicted octanol–water partition coefficient (Wildman–Crippen LogP) is 3.03. The smallest absolute Gasteiger partial charge is 0.243 e. The van der Waals surface area contributed by atoms with Gasteiger partial charge in [-0.2, -0.15) is 4.31 Å². The molecule has 1 heterocycles. The molecule has 0 aromatic heterocycles. The van der Waals surface area contributed by atoms with Crippen molar-refractivity contribution < 1.29 is 13.2 Å². The first kappa shape index (κ1) is 18.2. The molecule has 1 aliphatic heterocycles. The summed E-state index contributed by atoms with van der Waals surface area (Å²) in [6.07, 6.45) is 4.01. The summed E-state index contributed by atoms with van der Waals surface area (Å²) in [5, 5.41) is 3.11. The van der Waals surface area contributed by atoms with Gasteiger partial charge in [0.2, 0.25) is 15.9 Å². The number of piperidine rings is 1. The van der Waals surface area contributed by atoms with Crippen molar-refractivity contribution in [2.75, 3.05) is 6.54 Å². The van der Waals surface area contributed by atoms with Gasteiger partial charge in [-0.1, -0.05) is 48.9 Å². The molecule has 2 aromatic rings. The Bertz CT molecular complexity index is 927. The molecule has 1 N–H and O–H groups in total. The summed E-state index contributed by atoms with van der Waals surface area (Å²) in [5.74, 6) is -0.184. The number of nitrogens with zero attached hydrogens (tertiary/aromatic N) is 1. The first-order valence-electron chi connectivity index (χ1n) is 9.52. The minimum absolute atomic E-state index is 0.0306. The molecule has 0 saturated carbocycles. The van der Waals surface area contributed by atoms with Crippen LogP contribution < -0.4 is 5.32 Å². The second-order valence-electron chi connectivity index (χ2n) is 7.24. The quantitative estimate of drug-likeness (QED) is 0.881. The zero-order valence-corrected chi connectivity index (χ0v) is 16.0. The van der Waals surface area contributed by atoms with Gasteiger partial charge >= 0.3 is 0 Å². The number of aryl methyl sites for hydroxylation is 1. The largest absolute Gasteiger partial charge is 0.348 e. The zero-order valence-electron chi connectivity index (χ0n) is 15.2. The Morgan fingerprint density at radius 1 is 0.963 bits per heavy atom. The number of fused-ring (bicyclic) bond motifs is 1. The van der Waals surface area contributed by atoms with Gasteiger partial charge in [-0.25, -0.2) is 8.42 Å². The lowest BCUT2D eigenvalue weighted by Crippen LogP contribution is -2.52. The molecule has 27 heavy (non-hydrogen) atoms. The SMILES string of the molecule is O=C(NC1CCc2ccccc21)C1CCCCN1S(=O)(=O)c1ccccc1. The van der Waals surface area contributed by atoms with E-state index < -0.39 is 16.1 Å². The molecule has 1 amide bonds. The molecule has 6 heteroatoms. The highest BCUT2D eigenvalue weighted by Crippen LogP contribution is 2.32. The van der Waals surface area contributed by atoms with Crippen molar-refractivity contribution in [1.29, 1.82) is 0 Å². The fraction of sp³-hybridized carbons (Fsp3) is 0.381. The van der Waals surface area contributed by atoms with Crippen molar-refractivity contribution in [3.05, 3.63) is 65.7 Å². The molecule has 142 valence electrons. The third-order valence-electron chi connectivity index (χ3n) is 5.56. The van der Waals surface area contributed by atoms with Gasteiger partial charge in [0.25, 0.3) is 0 Å². The summed E-state index contributed by atoms with van der Waals surface area (Å²) < 4.78 is 27.6. The van der Waals surface area contributed by atoms with Crippen molar-refractivity contribution >= 4 is 15.9 Å². The van der Waals surface area contributed by atoms with Crippen LogP contribution in [0.3, 0.4) is 0 Å². The third-order valence-corrected chi connectivity index (χ3v) is 7.48. The highest BCUT2D eigenvalue weighted by Gasteiger charge is 2.38. The number of hydrogen-bond donors (Lipinski definition) is 1. The lowest BCUT2D eigenvalue weighted by molar-refractivity contribution is -0.126. The summed E-state index contributed by atoms with van der Waals surface area (Å²) in [6, 6.07) is 15.8. The van der Waals surface area contributed by atoms with Crippen LogP contribution in [0.25, 0.3) is 0 Å². The van der Waals surface area contributed by atoms with Crippen LogP contribution in [0.2, 0.25) is 0 Å². The molecule has 0 spiro atoms. The molecule has 1 saturated heterocycles. The maximum Gasteiger partial charge on any atom is 0.243 e. The number of hydrogen-bond acceptors (Lipinski definition) is 3.